The summed E-state index contributed by atoms with van der Waals surface area (Å²) in [6, 6.07) is 2.37. The lowest BCUT2D eigenvalue weighted by Gasteiger charge is -2.20. The van der Waals surface area contributed by atoms with E-state index in [2.05, 4.69) is 10.6 Å². The van der Waals surface area contributed by atoms with Gasteiger partial charge in [0.25, 0.3) is 0 Å². The number of carbonyl (C=O) groups is 4. The van der Waals surface area contributed by atoms with Crippen LogP contribution in [0.2, 0.25) is 0 Å². The van der Waals surface area contributed by atoms with Crippen molar-refractivity contribution >= 4 is 23.7 Å². The van der Waals surface area contributed by atoms with Gasteiger partial charge in [-0.05, 0) is 24.6 Å². The first-order valence-corrected chi connectivity index (χ1v) is 7.75. The van der Waals surface area contributed by atoms with E-state index < -0.39 is 41.8 Å². The summed E-state index contributed by atoms with van der Waals surface area (Å²) in [5.74, 6) is -3.46. The number of benzene rings is 1. The summed E-state index contributed by atoms with van der Waals surface area (Å²) in [4.78, 5) is 46.0. The van der Waals surface area contributed by atoms with Gasteiger partial charge in [0.1, 0.15) is 17.8 Å². The van der Waals surface area contributed by atoms with E-state index in [9.17, 15) is 29.4 Å². The molecular formula is C16H22N4O6. The van der Waals surface area contributed by atoms with Crippen LogP contribution in [0.1, 0.15) is 18.9 Å². The van der Waals surface area contributed by atoms with E-state index in [1.54, 1.807) is 0 Å². The molecule has 3 atom stereocenters. The highest BCUT2D eigenvalue weighted by molar-refractivity contribution is 5.93. The van der Waals surface area contributed by atoms with Gasteiger partial charge in [-0.3, -0.25) is 14.4 Å². The fourth-order valence-electron chi connectivity index (χ4n) is 2.06. The van der Waals surface area contributed by atoms with Crippen molar-refractivity contribution in [2.75, 3.05) is 0 Å². The Balaban J connectivity index is 2.65. The first-order valence-electron chi connectivity index (χ1n) is 7.75. The number of aromatic hydroxyl groups is 1. The molecule has 142 valence electrons. The fourth-order valence-corrected chi connectivity index (χ4v) is 2.06. The molecule has 10 heteroatoms. The Morgan fingerprint density at radius 3 is 2.15 bits per heavy atom. The molecule has 8 N–H and O–H groups in total. The number of phenols is 1. The first-order chi connectivity index (χ1) is 12.1. The Bertz CT molecular complexity index is 676. The summed E-state index contributed by atoms with van der Waals surface area (Å²) >= 11 is 0. The highest BCUT2D eigenvalue weighted by atomic mass is 16.4. The van der Waals surface area contributed by atoms with Crippen LogP contribution < -0.4 is 22.1 Å². The van der Waals surface area contributed by atoms with Crippen molar-refractivity contribution in [2.45, 2.75) is 37.9 Å². The van der Waals surface area contributed by atoms with E-state index in [1.807, 2.05) is 0 Å². The standard InChI is InChI=1S/C16H22N4O6/c1-8(19-15(24)11(17)7-13(18)22)14(23)20-12(16(25)26)6-9-2-4-10(21)5-3-9/h2-5,8,11-12,21H,6-7,17H2,1H3,(H2,18,22)(H,19,24)(H,20,23)(H,25,26). The molecule has 0 aliphatic rings. The number of phenolic OH excluding ortho intramolecular Hbond substituents is 1. The number of hydrogen-bond donors (Lipinski definition) is 6. The minimum atomic E-state index is -1.25. The van der Waals surface area contributed by atoms with Crippen molar-refractivity contribution in [3.8, 4) is 5.75 Å². The van der Waals surface area contributed by atoms with E-state index in [1.165, 1.54) is 31.2 Å². The molecule has 1 aromatic carbocycles. The van der Waals surface area contributed by atoms with Crippen LogP contribution >= 0.6 is 0 Å². The van der Waals surface area contributed by atoms with Gasteiger partial charge in [-0.1, -0.05) is 12.1 Å². The zero-order valence-corrected chi connectivity index (χ0v) is 14.1. The minimum absolute atomic E-state index is 0.0107. The molecule has 0 radical (unpaired) electrons. The Hall–Kier alpha value is -3.14. The Kier molecular flexibility index (Phi) is 7.53. The maximum absolute atomic E-state index is 12.1. The zero-order valence-electron chi connectivity index (χ0n) is 14.1. The Morgan fingerprint density at radius 2 is 1.65 bits per heavy atom. The lowest BCUT2D eigenvalue weighted by molar-refractivity contribution is -0.142. The van der Waals surface area contributed by atoms with Crippen LogP contribution in [-0.2, 0) is 25.6 Å². The smallest absolute Gasteiger partial charge is 0.326 e. The first kappa shape index (κ1) is 20.9. The van der Waals surface area contributed by atoms with Gasteiger partial charge in [0, 0.05) is 6.42 Å². The molecule has 1 rings (SSSR count). The van der Waals surface area contributed by atoms with Crippen molar-refractivity contribution < 1.29 is 29.4 Å². The van der Waals surface area contributed by atoms with Crippen LogP contribution in [0.15, 0.2) is 24.3 Å². The SMILES string of the molecule is CC(NC(=O)C(N)CC(N)=O)C(=O)NC(Cc1ccc(O)cc1)C(=O)O. The quantitative estimate of drug-likeness (QED) is 0.298. The van der Waals surface area contributed by atoms with Crippen LogP contribution in [0, 0.1) is 0 Å². The summed E-state index contributed by atoms with van der Waals surface area (Å²) in [7, 11) is 0. The fraction of sp³-hybridized carbons (Fsp3) is 0.375. The number of rotatable bonds is 9. The number of nitrogens with two attached hydrogens (primary N) is 2. The molecule has 26 heavy (non-hydrogen) atoms. The summed E-state index contributed by atoms with van der Waals surface area (Å²) in [5.41, 5.74) is 11.0. The molecule has 0 aliphatic heterocycles. The number of carboxylic acid groups (broad SMARTS) is 1. The summed E-state index contributed by atoms with van der Waals surface area (Å²) in [6.45, 7) is 1.35. The molecule has 0 saturated heterocycles. The summed E-state index contributed by atoms with van der Waals surface area (Å²) in [5, 5.41) is 23.1. The normalized spacial score (nSPS) is 13.9. The summed E-state index contributed by atoms with van der Waals surface area (Å²) < 4.78 is 0. The predicted molar refractivity (Wildman–Crippen MR) is 90.8 cm³/mol. The molecule has 0 bridgehead atoms. The second kappa shape index (κ2) is 9.37. The maximum Gasteiger partial charge on any atom is 0.326 e. The van der Waals surface area contributed by atoms with Crippen molar-refractivity contribution in [1.82, 2.24) is 10.6 Å². The molecule has 0 aliphatic carbocycles. The van der Waals surface area contributed by atoms with Crippen molar-refractivity contribution in [3.05, 3.63) is 29.8 Å². The van der Waals surface area contributed by atoms with Gasteiger partial charge in [0.2, 0.25) is 17.7 Å². The molecule has 0 saturated carbocycles. The maximum atomic E-state index is 12.1. The van der Waals surface area contributed by atoms with Gasteiger partial charge in [0.15, 0.2) is 0 Å². The van der Waals surface area contributed by atoms with Gasteiger partial charge in [-0.25, -0.2) is 4.79 Å². The molecule has 10 nitrogen and oxygen atoms in total. The van der Waals surface area contributed by atoms with Crippen LogP contribution in [0.5, 0.6) is 5.75 Å². The van der Waals surface area contributed by atoms with Gasteiger partial charge in [-0.15, -0.1) is 0 Å². The zero-order chi connectivity index (χ0) is 19.9. The average molecular weight is 366 g/mol. The Labute approximate surface area is 149 Å². The third-order valence-electron chi connectivity index (χ3n) is 3.50. The number of nitrogens with one attached hydrogen (secondary N) is 2. The van der Waals surface area contributed by atoms with Gasteiger partial charge in [0.05, 0.1) is 12.5 Å². The van der Waals surface area contributed by atoms with Crippen molar-refractivity contribution in [1.29, 1.82) is 0 Å². The van der Waals surface area contributed by atoms with Crippen LogP contribution in [-0.4, -0.2) is 52.0 Å². The highest BCUT2D eigenvalue weighted by Gasteiger charge is 2.26. The largest absolute Gasteiger partial charge is 0.508 e. The molecule has 0 heterocycles. The second-order valence-corrected chi connectivity index (χ2v) is 5.78. The predicted octanol–water partition coefficient (Wildman–Crippen LogP) is -1.79. The van der Waals surface area contributed by atoms with Crippen molar-refractivity contribution in [2.24, 2.45) is 11.5 Å². The van der Waals surface area contributed by atoms with Crippen LogP contribution in [0.3, 0.4) is 0 Å². The highest BCUT2D eigenvalue weighted by Crippen LogP contribution is 2.11. The number of aliphatic carboxylic acids is 1. The number of primary amides is 1. The second-order valence-electron chi connectivity index (χ2n) is 5.78. The average Bonchev–Trinajstić information content (AvgIpc) is 2.55. The third-order valence-corrected chi connectivity index (χ3v) is 3.50. The van der Waals surface area contributed by atoms with E-state index in [0.717, 1.165) is 0 Å². The van der Waals surface area contributed by atoms with Gasteiger partial charge >= 0.3 is 5.97 Å². The molecule has 3 unspecified atom stereocenters. The number of hydrogen-bond acceptors (Lipinski definition) is 6. The molecule has 3 amide bonds. The van der Waals surface area contributed by atoms with Crippen LogP contribution in [0.25, 0.3) is 0 Å². The molecule has 0 spiro atoms. The minimum Gasteiger partial charge on any atom is -0.508 e. The van der Waals surface area contributed by atoms with E-state index >= 15 is 0 Å². The molecule has 0 fully saturated rings. The van der Waals surface area contributed by atoms with E-state index in [-0.39, 0.29) is 18.6 Å². The summed E-state index contributed by atoms with van der Waals surface area (Å²) in [6.07, 6.45) is -0.387. The van der Waals surface area contributed by atoms with Crippen LogP contribution in [0.4, 0.5) is 0 Å². The Morgan fingerprint density at radius 1 is 1.08 bits per heavy atom. The van der Waals surface area contributed by atoms with Gasteiger partial charge in [-0.2, -0.15) is 0 Å². The van der Waals surface area contributed by atoms with E-state index in [0.29, 0.717) is 5.56 Å². The third kappa shape index (κ3) is 6.77. The van der Waals surface area contributed by atoms with Gasteiger partial charge < -0.3 is 32.3 Å². The van der Waals surface area contributed by atoms with Crippen molar-refractivity contribution in [3.63, 3.8) is 0 Å². The molecular weight excluding hydrogens is 344 g/mol. The topological polar surface area (TPSA) is 185 Å². The number of carbonyl (C=O) groups excluding carboxylic acids is 3. The van der Waals surface area contributed by atoms with E-state index in [4.69, 9.17) is 11.5 Å². The number of carboxylic acids is 1. The number of amides is 3. The lowest BCUT2D eigenvalue weighted by atomic mass is 10.1. The monoisotopic (exact) mass is 366 g/mol. The molecule has 1 aromatic rings. The molecule has 0 aromatic heterocycles. The lowest BCUT2D eigenvalue weighted by Crippen LogP contribution is -2.54.